The van der Waals surface area contributed by atoms with E-state index in [9.17, 15) is 4.39 Å². The van der Waals surface area contributed by atoms with Gasteiger partial charge in [-0.3, -0.25) is 0 Å². The third-order valence-corrected chi connectivity index (χ3v) is 2.66. The van der Waals surface area contributed by atoms with Crippen LogP contribution in [0, 0.1) is 12.7 Å². The highest BCUT2D eigenvalue weighted by molar-refractivity contribution is 5.30. The van der Waals surface area contributed by atoms with Crippen molar-refractivity contribution in [3.05, 3.63) is 65.5 Å². The summed E-state index contributed by atoms with van der Waals surface area (Å²) < 4.78 is 19.2. The standard InChI is InChI=1S/C15H15FO/c1-11-8-9-14(16)15(10-11)17-12(2)13-6-4-3-5-7-13/h3-10,12H,1-2H3. The fourth-order valence-corrected chi connectivity index (χ4v) is 1.68. The summed E-state index contributed by atoms with van der Waals surface area (Å²) in [7, 11) is 0. The number of hydrogen-bond donors (Lipinski definition) is 0. The van der Waals surface area contributed by atoms with Crippen LogP contribution in [0.2, 0.25) is 0 Å². The maximum Gasteiger partial charge on any atom is 0.165 e. The SMILES string of the molecule is Cc1ccc(F)c(OC(C)c2ccccc2)c1. The second-order valence-corrected chi connectivity index (χ2v) is 4.10. The Morgan fingerprint density at radius 2 is 1.76 bits per heavy atom. The Kier molecular flexibility index (Phi) is 3.43. The fraction of sp³-hybridized carbons (Fsp3) is 0.200. The Hall–Kier alpha value is -1.83. The molecule has 1 unspecified atom stereocenters. The summed E-state index contributed by atoms with van der Waals surface area (Å²) in [5, 5.41) is 0. The van der Waals surface area contributed by atoms with E-state index in [0.29, 0.717) is 5.75 Å². The third kappa shape index (κ3) is 2.84. The molecule has 1 nitrogen and oxygen atoms in total. The predicted octanol–water partition coefficient (Wildman–Crippen LogP) is 4.27. The van der Waals surface area contributed by atoms with E-state index in [1.165, 1.54) is 6.07 Å². The fourth-order valence-electron chi connectivity index (χ4n) is 1.68. The summed E-state index contributed by atoms with van der Waals surface area (Å²) in [6.45, 7) is 3.83. The van der Waals surface area contributed by atoms with Gasteiger partial charge in [-0.05, 0) is 37.1 Å². The van der Waals surface area contributed by atoms with E-state index in [1.807, 2.05) is 44.2 Å². The lowest BCUT2D eigenvalue weighted by Gasteiger charge is -2.15. The highest BCUT2D eigenvalue weighted by Gasteiger charge is 2.10. The maximum absolute atomic E-state index is 13.5. The summed E-state index contributed by atoms with van der Waals surface area (Å²) >= 11 is 0. The van der Waals surface area contributed by atoms with Gasteiger partial charge in [0.15, 0.2) is 11.6 Å². The van der Waals surface area contributed by atoms with E-state index in [1.54, 1.807) is 12.1 Å². The predicted molar refractivity (Wildman–Crippen MR) is 66.6 cm³/mol. The number of rotatable bonds is 3. The molecule has 0 aromatic heterocycles. The van der Waals surface area contributed by atoms with Gasteiger partial charge in [0, 0.05) is 0 Å². The van der Waals surface area contributed by atoms with Crippen molar-refractivity contribution in [1.29, 1.82) is 0 Å². The van der Waals surface area contributed by atoms with Gasteiger partial charge in [-0.2, -0.15) is 0 Å². The molecule has 88 valence electrons. The Labute approximate surface area is 101 Å². The van der Waals surface area contributed by atoms with Crippen LogP contribution in [0.4, 0.5) is 4.39 Å². The number of halogens is 1. The average molecular weight is 230 g/mol. The molecule has 17 heavy (non-hydrogen) atoms. The van der Waals surface area contributed by atoms with Crippen LogP contribution in [0.1, 0.15) is 24.2 Å². The lowest BCUT2D eigenvalue weighted by molar-refractivity contribution is 0.216. The Morgan fingerprint density at radius 1 is 1.06 bits per heavy atom. The molecule has 0 amide bonds. The van der Waals surface area contributed by atoms with E-state index in [0.717, 1.165) is 11.1 Å². The number of benzene rings is 2. The Morgan fingerprint density at radius 3 is 2.47 bits per heavy atom. The molecule has 1 atom stereocenters. The van der Waals surface area contributed by atoms with Crippen molar-refractivity contribution in [2.45, 2.75) is 20.0 Å². The summed E-state index contributed by atoms with van der Waals surface area (Å²) in [6, 6.07) is 14.7. The summed E-state index contributed by atoms with van der Waals surface area (Å²) in [5.74, 6) is -0.0141. The van der Waals surface area contributed by atoms with Crippen LogP contribution in [0.5, 0.6) is 5.75 Å². The molecular weight excluding hydrogens is 215 g/mol. The highest BCUT2D eigenvalue weighted by Crippen LogP contribution is 2.25. The monoisotopic (exact) mass is 230 g/mol. The van der Waals surface area contributed by atoms with Crippen LogP contribution in [0.3, 0.4) is 0 Å². The molecule has 0 aliphatic carbocycles. The van der Waals surface area contributed by atoms with Gasteiger partial charge in [0.1, 0.15) is 6.10 Å². The number of ether oxygens (including phenoxy) is 1. The first-order valence-electron chi connectivity index (χ1n) is 5.64. The van der Waals surface area contributed by atoms with Gasteiger partial charge in [-0.1, -0.05) is 36.4 Å². The molecule has 2 heteroatoms. The van der Waals surface area contributed by atoms with Crippen LogP contribution in [0.15, 0.2) is 48.5 Å². The zero-order valence-electron chi connectivity index (χ0n) is 9.98. The van der Waals surface area contributed by atoms with Gasteiger partial charge < -0.3 is 4.74 Å². The molecule has 2 rings (SSSR count). The van der Waals surface area contributed by atoms with E-state index < -0.39 is 0 Å². The van der Waals surface area contributed by atoms with E-state index in [-0.39, 0.29) is 11.9 Å². The molecule has 0 aliphatic rings. The first-order chi connectivity index (χ1) is 8.16. The van der Waals surface area contributed by atoms with Gasteiger partial charge in [0.05, 0.1) is 0 Å². The van der Waals surface area contributed by atoms with Crippen LogP contribution in [0.25, 0.3) is 0 Å². The van der Waals surface area contributed by atoms with E-state index >= 15 is 0 Å². The molecule has 0 N–H and O–H groups in total. The van der Waals surface area contributed by atoms with E-state index in [4.69, 9.17) is 4.74 Å². The minimum atomic E-state index is -0.321. The first kappa shape index (κ1) is 11.6. The van der Waals surface area contributed by atoms with Gasteiger partial charge in [0.25, 0.3) is 0 Å². The Balaban J connectivity index is 2.18. The molecule has 0 fully saturated rings. The molecule has 2 aromatic carbocycles. The molecule has 0 bridgehead atoms. The van der Waals surface area contributed by atoms with Gasteiger partial charge >= 0.3 is 0 Å². The van der Waals surface area contributed by atoms with Crippen molar-refractivity contribution in [3.8, 4) is 5.75 Å². The number of aryl methyl sites for hydroxylation is 1. The van der Waals surface area contributed by atoms with Gasteiger partial charge in [-0.15, -0.1) is 0 Å². The van der Waals surface area contributed by atoms with Crippen LogP contribution >= 0.6 is 0 Å². The van der Waals surface area contributed by atoms with E-state index in [2.05, 4.69) is 0 Å². The van der Waals surface area contributed by atoms with Crippen molar-refractivity contribution in [1.82, 2.24) is 0 Å². The zero-order valence-corrected chi connectivity index (χ0v) is 9.98. The van der Waals surface area contributed by atoms with Crippen LogP contribution in [-0.2, 0) is 0 Å². The first-order valence-corrected chi connectivity index (χ1v) is 5.64. The van der Waals surface area contributed by atoms with Crippen molar-refractivity contribution in [3.63, 3.8) is 0 Å². The molecule has 0 aliphatic heterocycles. The second kappa shape index (κ2) is 5.00. The normalized spacial score (nSPS) is 12.2. The Bertz CT molecular complexity index is 494. The molecule has 0 radical (unpaired) electrons. The lowest BCUT2D eigenvalue weighted by atomic mass is 10.1. The molecular formula is C15H15FO. The largest absolute Gasteiger partial charge is 0.483 e. The van der Waals surface area contributed by atoms with Crippen LogP contribution in [-0.4, -0.2) is 0 Å². The topological polar surface area (TPSA) is 9.23 Å². The minimum Gasteiger partial charge on any atom is -0.483 e. The molecule has 0 spiro atoms. The van der Waals surface area contributed by atoms with Crippen molar-refractivity contribution in [2.24, 2.45) is 0 Å². The molecule has 2 aromatic rings. The smallest absolute Gasteiger partial charge is 0.165 e. The maximum atomic E-state index is 13.5. The van der Waals surface area contributed by atoms with Crippen molar-refractivity contribution >= 4 is 0 Å². The van der Waals surface area contributed by atoms with Crippen molar-refractivity contribution in [2.75, 3.05) is 0 Å². The minimum absolute atomic E-state index is 0.160. The highest BCUT2D eigenvalue weighted by atomic mass is 19.1. The molecule has 0 saturated heterocycles. The van der Waals surface area contributed by atoms with Gasteiger partial charge in [0.2, 0.25) is 0 Å². The zero-order chi connectivity index (χ0) is 12.3. The summed E-state index contributed by atoms with van der Waals surface area (Å²) in [6.07, 6.45) is -0.160. The average Bonchev–Trinajstić information content (AvgIpc) is 2.35. The summed E-state index contributed by atoms with van der Waals surface area (Å²) in [4.78, 5) is 0. The van der Waals surface area contributed by atoms with Crippen LogP contribution < -0.4 is 4.74 Å². The molecule has 0 heterocycles. The number of hydrogen-bond acceptors (Lipinski definition) is 1. The third-order valence-electron chi connectivity index (χ3n) is 2.66. The second-order valence-electron chi connectivity index (χ2n) is 4.10. The lowest BCUT2D eigenvalue weighted by Crippen LogP contribution is -2.04. The van der Waals surface area contributed by atoms with Gasteiger partial charge in [-0.25, -0.2) is 4.39 Å². The molecule has 0 saturated carbocycles. The summed E-state index contributed by atoms with van der Waals surface area (Å²) in [5.41, 5.74) is 2.02. The quantitative estimate of drug-likeness (QED) is 0.765. The van der Waals surface area contributed by atoms with Crippen molar-refractivity contribution < 1.29 is 9.13 Å².